The third kappa shape index (κ3) is 7.54. The minimum atomic E-state index is -0.885. The zero-order chi connectivity index (χ0) is 35.9. The van der Waals surface area contributed by atoms with Crippen LogP contribution in [0.4, 0.5) is 14.6 Å². The number of thioether (sulfide) groups is 1. The average Bonchev–Trinajstić information content (AvgIpc) is 3.43. The molecule has 1 saturated heterocycles. The van der Waals surface area contributed by atoms with Crippen molar-refractivity contribution >= 4 is 40.7 Å². The van der Waals surface area contributed by atoms with E-state index in [0.717, 1.165) is 24.7 Å². The number of nitrogens with one attached hydrogen (secondary N) is 1. The molecule has 1 aliphatic heterocycles. The predicted octanol–water partition coefficient (Wildman–Crippen LogP) is 5.60. The van der Waals surface area contributed by atoms with Crippen molar-refractivity contribution in [2.75, 3.05) is 24.3 Å². The van der Waals surface area contributed by atoms with E-state index in [2.05, 4.69) is 22.6 Å². The summed E-state index contributed by atoms with van der Waals surface area (Å²) in [5, 5.41) is 13.0. The second-order valence-electron chi connectivity index (χ2n) is 13.2. The first kappa shape index (κ1) is 35.2. The molecule has 3 fully saturated rings. The van der Waals surface area contributed by atoms with Gasteiger partial charge in [-0.1, -0.05) is 42.1 Å². The van der Waals surface area contributed by atoms with Crippen LogP contribution in [0.5, 0.6) is 5.75 Å². The molecule has 2 aromatic heterocycles. The number of anilines is 1. The van der Waals surface area contributed by atoms with Crippen LogP contribution >= 0.6 is 11.8 Å². The van der Waals surface area contributed by atoms with Crippen molar-refractivity contribution in [1.29, 1.82) is 0 Å². The van der Waals surface area contributed by atoms with E-state index in [1.54, 1.807) is 22.9 Å². The molecular formula is C35H38F2N6O7S. The number of fused-ring (bicyclic) bond motifs is 2. The van der Waals surface area contributed by atoms with Crippen molar-refractivity contribution in [2.45, 2.75) is 94.2 Å². The van der Waals surface area contributed by atoms with Crippen LogP contribution in [0.1, 0.15) is 74.8 Å². The first-order chi connectivity index (χ1) is 24.5. The molecule has 1 unspecified atom stereocenters. The summed E-state index contributed by atoms with van der Waals surface area (Å²) in [5.41, 5.74) is 1.85. The molecule has 1 N–H and O–H groups in total. The second kappa shape index (κ2) is 14.4. The lowest BCUT2D eigenvalue weighted by Crippen LogP contribution is -2.32. The van der Waals surface area contributed by atoms with Gasteiger partial charge in [0.25, 0.3) is 0 Å². The average molecular weight is 725 g/mol. The van der Waals surface area contributed by atoms with E-state index in [1.807, 2.05) is 13.8 Å². The summed E-state index contributed by atoms with van der Waals surface area (Å²) in [6, 6.07) is 9.95. The normalized spacial score (nSPS) is 24.7. The Hall–Kier alpha value is -4.25. The van der Waals surface area contributed by atoms with Gasteiger partial charge in [0.2, 0.25) is 0 Å². The number of rotatable bonds is 13. The maximum Gasteiger partial charge on any atom is 0.342 e. The Morgan fingerprint density at radius 3 is 2.65 bits per heavy atom. The van der Waals surface area contributed by atoms with Crippen molar-refractivity contribution in [1.82, 2.24) is 25.0 Å². The summed E-state index contributed by atoms with van der Waals surface area (Å²) >= 11 is 1.52. The van der Waals surface area contributed by atoms with Crippen LogP contribution in [0, 0.1) is 11.6 Å². The van der Waals surface area contributed by atoms with Crippen LogP contribution < -0.4 is 10.1 Å². The van der Waals surface area contributed by atoms with Gasteiger partial charge in [-0.05, 0) is 56.5 Å². The Morgan fingerprint density at radius 2 is 1.86 bits per heavy atom. The van der Waals surface area contributed by atoms with E-state index >= 15 is 0 Å². The number of halogens is 2. The monoisotopic (exact) mass is 724 g/mol. The van der Waals surface area contributed by atoms with Crippen molar-refractivity contribution in [3.63, 3.8) is 0 Å². The standard InChI is InChI=1S/C35H38F2N6O7S/c1-5-14-51-34-39-31(38-24-16-21(24)19-10-11-22(36)23(37)15-19)28-32(40-34)43(42-41-28)25-17-27(30-29(25)49-35(3,4)50-30)46-12-13-47-33(45)20-8-6-7-9-26(20)48-18(2)44/h6-11,15,21,24-25,27,29-30H,5,12-14,16-17H2,1-4H3,(H,38,39,40)/t21-,24?,25+,27-,29-,30+/m0/s1. The number of para-hydroxylation sites is 1. The third-order valence-corrected chi connectivity index (χ3v) is 9.98. The Labute approximate surface area is 296 Å². The summed E-state index contributed by atoms with van der Waals surface area (Å²) in [6.07, 6.45) is 0.797. The zero-order valence-corrected chi connectivity index (χ0v) is 29.3. The molecule has 13 nitrogen and oxygen atoms in total. The minimum absolute atomic E-state index is 0.00503. The summed E-state index contributed by atoms with van der Waals surface area (Å²) in [5.74, 6) is -2.38. The van der Waals surface area contributed by atoms with E-state index in [-0.39, 0.29) is 42.5 Å². The number of aromatic nitrogens is 5. The first-order valence-corrected chi connectivity index (χ1v) is 17.9. The molecule has 4 aromatic rings. The van der Waals surface area contributed by atoms with E-state index in [0.29, 0.717) is 34.1 Å². The van der Waals surface area contributed by atoms with Crippen molar-refractivity contribution < 1.29 is 42.1 Å². The van der Waals surface area contributed by atoms with Crippen LogP contribution in [0.2, 0.25) is 0 Å². The highest BCUT2D eigenvalue weighted by Gasteiger charge is 2.56. The highest BCUT2D eigenvalue weighted by Crippen LogP contribution is 2.47. The molecule has 3 heterocycles. The summed E-state index contributed by atoms with van der Waals surface area (Å²) in [7, 11) is 0. The predicted molar refractivity (Wildman–Crippen MR) is 181 cm³/mol. The van der Waals surface area contributed by atoms with Gasteiger partial charge in [0, 0.05) is 31.1 Å². The molecule has 270 valence electrons. The van der Waals surface area contributed by atoms with Gasteiger partial charge in [0.05, 0.1) is 18.8 Å². The molecule has 7 rings (SSSR count). The van der Waals surface area contributed by atoms with E-state index in [9.17, 15) is 18.4 Å². The number of esters is 2. The minimum Gasteiger partial charge on any atom is -0.460 e. The van der Waals surface area contributed by atoms with Gasteiger partial charge < -0.3 is 29.0 Å². The fourth-order valence-corrected chi connectivity index (χ4v) is 7.33. The lowest BCUT2D eigenvalue weighted by Gasteiger charge is -2.23. The van der Waals surface area contributed by atoms with Gasteiger partial charge in [-0.2, -0.15) is 0 Å². The number of carbonyl (C=O) groups is 2. The number of nitrogens with zero attached hydrogens (tertiary/aromatic N) is 5. The molecule has 6 atom stereocenters. The fraction of sp³-hybridized carbons (Fsp3) is 0.486. The largest absolute Gasteiger partial charge is 0.460 e. The van der Waals surface area contributed by atoms with Crippen molar-refractivity contribution in [3.05, 3.63) is 65.2 Å². The molecule has 2 aliphatic carbocycles. The maximum absolute atomic E-state index is 13.9. The smallest absolute Gasteiger partial charge is 0.342 e. The van der Waals surface area contributed by atoms with Gasteiger partial charge in [-0.3, -0.25) is 4.79 Å². The molecule has 0 spiro atoms. The topological polar surface area (TPSA) is 149 Å². The lowest BCUT2D eigenvalue weighted by atomic mass is 10.1. The number of hydrogen-bond acceptors (Lipinski definition) is 13. The summed E-state index contributed by atoms with van der Waals surface area (Å²) < 4.78 is 58.7. The number of hydrogen-bond donors (Lipinski definition) is 1. The molecule has 2 saturated carbocycles. The zero-order valence-electron chi connectivity index (χ0n) is 28.5. The van der Waals surface area contributed by atoms with Crippen LogP contribution in [0.15, 0.2) is 47.6 Å². The van der Waals surface area contributed by atoms with Crippen molar-refractivity contribution in [2.24, 2.45) is 0 Å². The van der Waals surface area contributed by atoms with E-state index in [4.69, 9.17) is 33.7 Å². The van der Waals surface area contributed by atoms with Crippen LogP contribution in [-0.2, 0) is 23.7 Å². The number of carbonyl (C=O) groups excluding carboxylic acids is 2. The number of benzene rings is 2. The molecular weight excluding hydrogens is 686 g/mol. The molecule has 0 amide bonds. The second-order valence-corrected chi connectivity index (χ2v) is 14.2. The Kier molecular flexibility index (Phi) is 9.93. The highest BCUT2D eigenvalue weighted by atomic mass is 32.2. The molecule has 0 bridgehead atoms. The van der Waals surface area contributed by atoms with Crippen LogP contribution in [0.3, 0.4) is 0 Å². The molecule has 2 aromatic carbocycles. The Morgan fingerprint density at radius 1 is 1.06 bits per heavy atom. The molecule has 16 heteroatoms. The van der Waals surface area contributed by atoms with Crippen molar-refractivity contribution in [3.8, 4) is 5.75 Å². The molecule has 0 radical (unpaired) electrons. The first-order valence-electron chi connectivity index (χ1n) is 16.9. The molecule has 51 heavy (non-hydrogen) atoms. The van der Waals surface area contributed by atoms with Gasteiger partial charge in [0.15, 0.2) is 39.6 Å². The quantitative estimate of drug-likeness (QED) is 0.0600. The Bertz CT molecular complexity index is 1950. The van der Waals surface area contributed by atoms with E-state index in [1.165, 1.54) is 36.9 Å². The Balaban J connectivity index is 1.07. The highest BCUT2D eigenvalue weighted by molar-refractivity contribution is 7.99. The van der Waals surface area contributed by atoms with E-state index < -0.39 is 47.7 Å². The maximum atomic E-state index is 13.9. The van der Waals surface area contributed by atoms with Gasteiger partial charge in [-0.15, -0.1) is 5.10 Å². The number of ether oxygens (including phenoxy) is 5. The van der Waals surface area contributed by atoms with Gasteiger partial charge in [0.1, 0.15) is 30.1 Å². The summed E-state index contributed by atoms with van der Waals surface area (Å²) in [4.78, 5) is 33.9. The van der Waals surface area contributed by atoms with Crippen LogP contribution in [-0.4, -0.2) is 86.0 Å². The fourth-order valence-electron chi connectivity index (χ4n) is 6.63. The van der Waals surface area contributed by atoms with Crippen LogP contribution in [0.25, 0.3) is 11.2 Å². The lowest BCUT2D eigenvalue weighted by molar-refractivity contribution is -0.171. The molecule has 3 aliphatic rings. The third-order valence-electron chi connectivity index (χ3n) is 8.93. The van der Waals surface area contributed by atoms with Gasteiger partial charge >= 0.3 is 11.9 Å². The van der Waals surface area contributed by atoms with Gasteiger partial charge in [-0.25, -0.2) is 28.2 Å². The SMILES string of the molecule is CCCSc1nc(NC2C[C@H]2c2ccc(F)c(F)c2)c2nnn([C@@H]3C[C@H](OCCOC(=O)c4ccccc4OC(C)=O)[C@H]4OC(C)(C)O[C@H]43)c2n1. The summed E-state index contributed by atoms with van der Waals surface area (Å²) in [6.45, 7) is 7.05.